The number of hydroxylamine groups is 3. The molecule has 1 aliphatic heterocycles. The summed E-state index contributed by atoms with van der Waals surface area (Å²) < 4.78 is 25.8. The van der Waals surface area contributed by atoms with E-state index in [0.29, 0.717) is 32.0 Å². The number of amides is 1. The summed E-state index contributed by atoms with van der Waals surface area (Å²) in [6.45, 7) is 19.0. The Labute approximate surface area is 246 Å². The van der Waals surface area contributed by atoms with Crippen LogP contribution in [0.4, 0.5) is 4.79 Å². The molecule has 0 aliphatic carbocycles. The molecule has 232 valence electrons. The molecule has 0 spiro atoms. The molecule has 2 unspecified atom stereocenters. The highest BCUT2D eigenvalue weighted by molar-refractivity contribution is 6.99. The molecule has 11 heteroatoms. The van der Waals surface area contributed by atoms with Crippen molar-refractivity contribution in [2.24, 2.45) is 0 Å². The molecule has 0 bridgehead atoms. The van der Waals surface area contributed by atoms with Gasteiger partial charge in [-0.2, -0.15) is 4.37 Å². The SMILES string of the molecule is CC.CCC.CCCCCCOc1nsnc1C1=CCC[N+](OC)(C(CC)OC(=O)CNC(=O)OC(C)(C)C)C1. The lowest BCUT2D eigenvalue weighted by atomic mass is 10.1. The van der Waals surface area contributed by atoms with Gasteiger partial charge >= 0.3 is 12.1 Å². The van der Waals surface area contributed by atoms with Crippen LogP contribution in [0, 0.1) is 0 Å². The van der Waals surface area contributed by atoms with Crippen molar-refractivity contribution in [1.82, 2.24) is 14.1 Å². The van der Waals surface area contributed by atoms with Gasteiger partial charge in [0.2, 0.25) is 0 Å². The van der Waals surface area contributed by atoms with Crippen molar-refractivity contribution >= 4 is 29.4 Å². The van der Waals surface area contributed by atoms with Crippen LogP contribution in [0.1, 0.15) is 113 Å². The van der Waals surface area contributed by atoms with E-state index in [-0.39, 0.29) is 11.2 Å². The fraction of sp³-hybridized carbons (Fsp3) is 0.793. The lowest BCUT2D eigenvalue weighted by molar-refractivity contribution is -1.13. The third-order valence-corrected chi connectivity index (χ3v) is 6.13. The quantitative estimate of drug-likeness (QED) is 0.151. The molecule has 1 amide bonds. The molecule has 0 saturated carbocycles. The topological polar surface area (TPSA) is 109 Å². The minimum atomic E-state index is -0.667. The van der Waals surface area contributed by atoms with Crippen molar-refractivity contribution in [2.45, 2.75) is 119 Å². The zero-order valence-corrected chi connectivity index (χ0v) is 27.4. The molecular formula is C29H55N4O6S+. The van der Waals surface area contributed by atoms with Crippen molar-refractivity contribution in [3.8, 4) is 5.88 Å². The predicted octanol–water partition coefficient (Wildman–Crippen LogP) is 6.91. The Morgan fingerprint density at radius 1 is 1.10 bits per heavy atom. The van der Waals surface area contributed by atoms with Crippen LogP contribution >= 0.6 is 11.7 Å². The van der Waals surface area contributed by atoms with E-state index in [2.05, 4.69) is 40.9 Å². The number of unbranched alkanes of at least 4 members (excludes halogenated alkanes) is 3. The van der Waals surface area contributed by atoms with Crippen molar-refractivity contribution in [2.75, 3.05) is 33.4 Å². The zero-order chi connectivity index (χ0) is 30.6. The number of carbonyl (C=O) groups excluding carboxylic acids is 2. The van der Waals surface area contributed by atoms with Crippen molar-refractivity contribution in [3.05, 3.63) is 11.8 Å². The summed E-state index contributed by atoms with van der Waals surface area (Å²) >= 11 is 1.12. The Balaban J connectivity index is 0.00000284. The van der Waals surface area contributed by atoms with Crippen molar-refractivity contribution in [1.29, 1.82) is 0 Å². The van der Waals surface area contributed by atoms with E-state index in [0.717, 1.165) is 42.3 Å². The summed E-state index contributed by atoms with van der Waals surface area (Å²) in [5, 5.41) is 2.44. The molecule has 0 saturated heterocycles. The van der Waals surface area contributed by atoms with Gasteiger partial charge in [0.1, 0.15) is 30.9 Å². The standard InChI is InChI=1S/C24H40N4O6S.C3H8.C2H6/c1-7-9-10-11-15-32-22-21(26-35-27-22)18-13-12-14-28(17-18,31-6)19(8-2)33-20(29)16-25-23(30)34-24(3,4)5;1-3-2;1-2/h13,19H,7-12,14-17H2,1-6H3;3H2,1-2H3;1-2H3/p+1. The lowest BCUT2D eigenvalue weighted by Crippen LogP contribution is -2.58. The van der Waals surface area contributed by atoms with Gasteiger partial charge < -0.3 is 19.5 Å². The first-order valence-corrected chi connectivity index (χ1v) is 15.5. The fourth-order valence-electron chi connectivity index (χ4n) is 3.91. The first-order chi connectivity index (χ1) is 19.1. The Morgan fingerprint density at radius 2 is 1.77 bits per heavy atom. The van der Waals surface area contributed by atoms with E-state index < -0.39 is 23.9 Å². The first kappa shape index (κ1) is 37.8. The summed E-state index contributed by atoms with van der Waals surface area (Å²) in [5.74, 6) is -0.0137. The normalized spacial score (nSPS) is 17.2. The number of esters is 1. The van der Waals surface area contributed by atoms with Gasteiger partial charge in [-0.1, -0.05) is 73.3 Å². The van der Waals surface area contributed by atoms with E-state index >= 15 is 0 Å². The van der Waals surface area contributed by atoms with Gasteiger partial charge in [-0.25, -0.2) is 14.4 Å². The second kappa shape index (κ2) is 20.6. The minimum absolute atomic E-state index is 0.105. The molecule has 1 aromatic rings. The average Bonchev–Trinajstić information content (AvgIpc) is 3.40. The number of alkyl carbamates (subject to hydrolysis) is 1. The van der Waals surface area contributed by atoms with Crippen LogP contribution in [0.3, 0.4) is 0 Å². The maximum Gasteiger partial charge on any atom is 0.408 e. The Morgan fingerprint density at radius 3 is 2.35 bits per heavy atom. The summed E-state index contributed by atoms with van der Waals surface area (Å²) in [5.41, 5.74) is 1.03. The number of hydrogen-bond acceptors (Lipinski definition) is 9. The van der Waals surface area contributed by atoms with Crippen molar-refractivity contribution in [3.63, 3.8) is 0 Å². The highest BCUT2D eigenvalue weighted by atomic mass is 32.1. The van der Waals surface area contributed by atoms with E-state index in [4.69, 9.17) is 19.0 Å². The first-order valence-electron chi connectivity index (χ1n) is 14.8. The van der Waals surface area contributed by atoms with E-state index in [1.165, 1.54) is 19.3 Å². The Kier molecular flexibility index (Phi) is 19.5. The van der Waals surface area contributed by atoms with Gasteiger partial charge in [-0.3, -0.25) is 0 Å². The molecule has 2 rings (SSSR count). The largest absolute Gasteiger partial charge is 0.475 e. The summed E-state index contributed by atoms with van der Waals surface area (Å²) in [7, 11) is 1.61. The number of aromatic nitrogens is 2. The maximum absolute atomic E-state index is 12.5. The molecule has 1 aromatic heterocycles. The number of hydrogen-bond donors (Lipinski definition) is 1. The van der Waals surface area contributed by atoms with Crippen LogP contribution in [-0.2, 0) is 19.1 Å². The molecule has 1 N–H and O–H groups in total. The Hall–Kier alpha value is -2.24. The van der Waals surface area contributed by atoms with Gasteiger partial charge in [0.05, 0.1) is 25.4 Å². The maximum atomic E-state index is 12.5. The van der Waals surface area contributed by atoms with Gasteiger partial charge in [-0.05, 0) is 27.2 Å². The molecule has 0 radical (unpaired) electrons. The third kappa shape index (κ3) is 13.9. The van der Waals surface area contributed by atoms with Gasteiger partial charge in [-0.15, -0.1) is 9.02 Å². The monoisotopic (exact) mass is 587 g/mol. The van der Waals surface area contributed by atoms with E-state index in [9.17, 15) is 9.59 Å². The van der Waals surface area contributed by atoms with Crippen LogP contribution < -0.4 is 10.1 Å². The number of carbonyl (C=O) groups is 2. The van der Waals surface area contributed by atoms with Crippen LogP contribution in [0.15, 0.2) is 6.08 Å². The molecular weight excluding hydrogens is 532 g/mol. The second-order valence-corrected chi connectivity index (χ2v) is 10.8. The summed E-state index contributed by atoms with van der Waals surface area (Å²) in [6, 6.07) is 0. The second-order valence-electron chi connectivity index (χ2n) is 10.3. The highest BCUT2D eigenvalue weighted by Gasteiger charge is 2.43. The molecule has 2 atom stereocenters. The van der Waals surface area contributed by atoms with Gasteiger partial charge in [0.25, 0.3) is 12.1 Å². The molecule has 1 aliphatic rings. The zero-order valence-electron chi connectivity index (χ0n) is 26.6. The minimum Gasteiger partial charge on any atom is -0.475 e. The highest BCUT2D eigenvalue weighted by Crippen LogP contribution is 2.33. The molecule has 10 nitrogen and oxygen atoms in total. The van der Waals surface area contributed by atoms with Crippen LogP contribution in [0.5, 0.6) is 5.88 Å². The van der Waals surface area contributed by atoms with E-state index in [1.807, 2.05) is 20.8 Å². The average molecular weight is 588 g/mol. The molecule has 2 heterocycles. The number of nitrogens with zero attached hydrogens (tertiary/aromatic N) is 3. The smallest absolute Gasteiger partial charge is 0.408 e. The number of nitrogens with one attached hydrogen (secondary N) is 1. The Bertz CT molecular complexity index is 871. The number of ether oxygens (including phenoxy) is 3. The molecule has 40 heavy (non-hydrogen) atoms. The number of rotatable bonds is 13. The van der Waals surface area contributed by atoms with Crippen LogP contribution in [-0.4, -0.2) is 70.6 Å². The predicted molar refractivity (Wildman–Crippen MR) is 161 cm³/mol. The van der Waals surface area contributed by atoms with Gasteiger partial charge in [0, 0.05) is 18.4 Å². The van der Waals surface area contributed by atoms with Crippen molar-refractivity contribution < 1.29 is 33.3 Å². The fourth-order valence-corrected chi connectivity index (χ4v) is 4.44. The van der Waals surface area contributed by atoms with E-state index in [1.54, 1.807) is 27.9 Å². The lowest BCUT2D eigenvalue weighted by Gasteiger charge is -2.41. The summed E-state index contributed by atoms with van der Waals surface area (Å²) in [4.78, 5) is 30.3. The third-order valence-electron chi connectivity index (χ3n) is 5.62. The number of quaternary nitrogens is 1. The molecule has 0 aromatic carbocycles. The molecule has 0 fully saturated rings. The van der Waals surface area contributed by atoms with Gasteiger partial charge in [0.15, 0.2) is 0 Å². The van der Waals surface area contributed by atoms with Crippen LogP contribution in [0.25, 0.3) is 5.57 Å². The summed E-state index contributed by atoms with van der Waals surface area (Å²) in [6.07, 6.45) is 7.88. The van der Waals surface area contributed by atoms with Crippen LogP contribution in [0.2, 0.25) is 0 Å².